The molecule has 3 aromatic rings. The van der Waals surface area contributed by atoms with Crippen LogP contribution in [0.15, 0.2) is 101 Å². The molecule has 3 rings (SSSR count). The average molecular weight is 487 g/mol. The van der Waals surface area contributed by atoms with E-state index in [1.165, 1.54) is 60.7 Å². The van der Waals surface area contributed by atoms with E-state index in [1.807, 2.05) is 24.3 Å². The molecular formula is C26H27FO4S2. The van der Waals surface area contributed by atoms with Gasteiger partial charge in [0.15, 0.2) is 0 Å². The molecule has 0 N–H and O–H groups in total. The van der Waals surface area contributed by atoms with Crippen LogP contribution >= 0.6 is 0 Å². The van der Waals surface area contributed by atoms with Crippen molar-refractivity contribution in [2.45, 2.75) is 40.8 Å². The molecule has 0 saturated carbocycles. The fourth-order valence-corrected chi connectivity index (χ4v) is 7.59. The second-order valence-corrected chi connectivity index (χ2v) is 12.7. The van der Waals surface area contributed by atoms with Gasteiger partial charge in [0.05, 0.1) is 9.79 Å². The summed E-state index contributed by atoms with van der Waals surface area (Å²) >= 11 is 0. The van der Waals surface area contributed by atoms with Crippen LogP contribution in [-0.2, 0) is 26.1 Å². The quantitative estimate of drug-likeness (QED) is 0.380. The van der Waals surface area contributed by atoms with Crippen LogP contribution in [0, 0.1) is 5.92 Å². The largest absolute Gasteiger partial charge is 0.321 e. The van der Waals surface area contributed by atoms with E-state index in [0.29, 0.717) is 5.92 Å². The van der Waals surface area contributed by atoms with Crippen LogP contribution in [0.25, 0.3) is 6.08 Å². The number of rotatable bonds is 9. The third kappa shape index (κ3) is 5.25. The first-order chi connectivity index (χ1) is 15.6. The zero-order valence-corrected chi connectivity index (χ0v) is 20.2. The van der Waals surface area contributed by atoms with E-state index in [4.69, 9.17) is 0 Å². The molecule has 0 bridgehead atoms. The van der Waals surface area contributed by atoms with Crippen molar-refractivity contribution in [3.05, 3.63) is 102 Å². The highest BCUT2D eigenvalue weighted by atomic mass is 32.3. The Labute approximate surface area is 195 Å². The maximum Gasteiger partial charge on any atom is 0.321 e. The molecule has 0 radical (unpaired) electrons. The van der Waals surface area contributed by atoms with Gasteiger partial charge in [0.1, 0.15) is 0 Å². The highest BCUT2D eigenvalue weighted by Gasteiger charge is 2.56. The van der Waals surface area contributed by atoms with Crippen LogP contribution in [0.1, 0.15) is 31.4 Å². The first-order valence-electron chi connectivity index (χ1n) is 10.6. The lowest BCUT2D eigenvalue weighted by molar-refractivity contribution is 0.358. The van der Waals surface area contributed by atoms with E-state index in [-0.39, 0.29) is 0 Å². The zero-order valence-electron chi connectivity index (χ0n) is 18.6. The lowest BCUT2D eigenvalue weighted by Gasteiger charge is -2.24. The van der Waals surface area contributed by atoms with Crippen molar-refractivity contribution in [1.82, 2.24) is 0 Å². The molecule has 174 valence electrons. The normalized spacial score (nSPS) is 13.0. The van der Waals surface area contributed by atoms with Crippen LogP contribution in [0.3, 0.4) is 0 Å². The lowest BCUT2D eigenvalue weighted by atomic mass is 10.0. The third-order valence-electron chi connectivity index (χ3n) is 5.21. The predicted octanol–water partition coefficient (Wildman–Crippen LogP) is 5.86. The number of sulfone groups is 2. The minimum atomic E-state index is -4.89. The number of allylic oxidation sites excluding steroid dienone is 1. The molecule has 0 atom stereocenters. The van der Waals surface area contributed by atoms with Gasteiger partial charge >= 0.3 is 4.33 Å². The van der Waals surface area contributed by atoms with Gasteiger partial charge < -0.3 is 0 Å². The molecule has 0 aromatic heterocycles. The lowest BCUT2D eigenvalue weighted by Crippen LogP contribution is -2.42. The molecule has 33 heavy (non-hydrogen) atoms. The Balaban J connectivity index is 2.00. The molecule has 3 aromatic carbocycles. The van der Waals surface area contributed by atoms with Crippen molar-refractivity contribution < 1.29 is 21.2 Å². The van der Waals surface area contributed by atoms with Crippen LogP contribution in [0.2, 0.25) is 0 Å². The summed E-state index contributed by atoms with van der Waals surface area (Å²) in [7, 11) is -9.77. The van der Waals surface area contributed by atoms with Gasteiger partial charge in [-0.05, 0) is 47.7 Å². The highest BCUT2D eigenvalue weighted by Crippen LogP contribution is 2.40. The molecule has 0 aliphatic rings. The molecule has 0 aliphatic carbocycles. The van der Waals surface area contributed by atoms with Crippen molar-refractivity contribution >= 4 is 25.8 Å². The summed E-state index contributed by atoms with van der Waals surface area (Å²) in [5, 5.41) is 0. The predicted molar refractivity (Wildman–Crippen MR) is 130 cm³/mol. The van der Waals surface area contributed by atoms with E-state index in [1.54, 1.807) is 12.1 Å². The number of hydrogen-bond donors (Lipinski definition) is 0. The molecule has 0 fully saturated rings. The fourth-order valence-electron chi connectivity index (χ4n) is 3.49. The van der Waals surface area contributed by atoms with E-state index in [0.717, 1.165) is 17.5 Å². The van der Waals surface area contributed by atoms with Crippen LogP contribution in [0.4, 0.5) is 4.39 Å². The summed E-state index contributed by atoms with van der Waals surface area (Å²) in [5.74, 6) is 0.505. The Kier molecular flexibility index (Phi) is 7.55. The fraction of sp³-hybridized carbons (Fsp3) is 0.231. The molecule has 0 spiro atoms. The Morgan fingerprint density at radius 3 is 1.64 bits per heavy atom. The molecule has 0 heterocycles. The Morgan fingerprint density at radius 2 is 1.21 bits per heavy atom. The molecule has 4 nitrogen and oxygen atoms in total. The first-order valence-corrected chi connectivity index (χ1v) is 13.6. The standard InChI is InChI=1S/C26H27FO4S2/c1-21(2)20-23-17-15-22(16-18-23)10-9-19-26(27,32(28,29)24-11-5-3-6-12-24)33(30,31)25-13-7-4-8-14-25/h3-18,21H,19-20H2,1-2H3/b10-9+. The highest BCUT2D eigenvalue weighted by molar-refractivity contribution is 8.10. The molecule has 0 unspecified atom stereocenters. The molecule has 0 amide bonds. The van der Waals surface area contributed by atoms with Gasteiger partial charge in [0.2, 0.25) is 19.7 Å². The average Bonchev–Trinajstić information content (AvgIpc) is 2.80. The van der Waals surface area contributed by atoms with Gasteiger partial charge in [0, 0.05) is 6.42 Å². The Morgan fingerprint density at radius 1 is 0.758 bits per heavy atom. The van der Waals surface area contributed by atoms with Gasteiger partial charge in [-0.15, -0.1) is 0 Å². The number of benzene rings is 3. The van der Waals surface area contributed by atoms with Crippen molar-refractivity contribution in [2.75, 3.05) is 0 Å². The van der Waals surface area contributed by atoms with Gasteiger partial charge in [-0.3, -0.25) is 0 Å². The van der Waals surface area contributed by atoms with Crippen LogP contribution in [-0.4, -0.2) is 21.2 Å². The van der Waals surface area contributed by atoms with Gasteiger partial charge in [-0.1, -0.05) is 86.7 Å². The summed E-state index contributed by atoms with van der Waals surface area (Å²) in [6, 6.07) is 21.2. The van der Waals surface area contributed by atoms with Crippen molar-refractivity contribution in [3.8, 4) is 0 Å². The summed E-state index contributed by atoms with van der Waals surface area (Å²) in [6.45, 7) is 4.24. The van der Waals surface area contributed by atoms with E-state index in [9.17, 15) is 16.8 Å². The maximum absolute atomic E-state index is 16.4. The van der Waals surface area contributed by atoms with Crippen LogP contribution in [0.5, 0.6) is 0 Å². The number of alkyl halides is 1. The summed E-state index contributed by atoms with van der Waals surface area (Å²) in [5.41, 5.74) is 1.87. The smallest absolute Gasteiger partial charge is 0.219 e. The van der Waals surface area contributed by atoms with Gasteiger partial charge in [-0.2, -0.15) is 0 Å². The monoisotopic (exact) mass is 486 g/mol. The first kappa shape index (κ1) is 24.9. The van der Waals surface area contributed by atoms with Gasteiger partial charge in [-0.25, -0.2) is 21.2 Å². The molecular weight excluding hydrogens is 459 g/mol. The summed E-state index contributed by atoms with van der Waals surface area (Å²) in [4.78, 5) is -0.781. The molecule has 0 aliphatic heterocycles. The minimum Gasteiger partial charge on any atom is -0.219 e. The number of halogens is 1. The van der Waals surface area contributed by atoms with E-state index in [2.05, 4.69) is 13.8 Å². The second kappa shape index (κ2) is 10.0. The minimum absolute atomic E-state index is 0.390. The van der Waals surface area contributed by atoms with Crippen molar-refractivity contribution in [1.29, 1.82) is 0 Å². The topological polar surface area (TPSA) is 68.3 Å². The van der Waals surface area contributed by atoms with Crippen LogP contribution < -0.4 is 0 Å². The molecule has 0 saturated heterocycles. The zero-order chi connectivity index (χ0) is 24.1. The molecule has 7 heteroatoms. The number of hydrogen-bond acceptors (Lipinski definition) is 4. The van der Waals surface area contributed by atoms with E-state index >= 15 is 4.39 Å². The van der Waals surface area contributed by atoms with E-state index < -0.39 is 40.2 Å². The Bertz CT molecular complexity index is 1230. The van der Waals surface area contributed by atoms with Crippen molar-refractivity contribution in [3.63, 3.8) is 0 Å². The van der Waals surface area contributed by atoms with Gasteiger partial charge in [0.25, 0.3) is 0 Å². The summed E-state index contributed by atoms with van der Waals surface area (Å²) < 4.78 is 65.9. The maximum atomic E-state index is 16.4. The second-order valence-electron chi connectivity index (χ2n) is 8.24. The summed E-state index contributed by atoms with van der Waals surface area (Å²) in [6.07, 6.45) is 2.87. The third-order valence-corrected chi connectivity index (χ3v) is 10.2. The SMILES string of the molecule is CC(C)Cc1ccc(/C=C/CC(F)(S(=O)(=O)c2ccccc2)S(=O)(=O)c2ccccc2)cc1. The van der Waals surface area contributed by atoms with Crippen molar-refractivity contribution in [2.24, 2.45) is 5.92 Å². The Hall–Kier alpha value is -2.77.